The molecule has 0 amide bonds. The fourth-order valence-corrected chi connectivity index (χ4v) is 2.27. The number of benzene rings is 2. The largest absolute Gasteiger partial charge is 0.467 e. The van der Waals surface area contributed by atoms with Crippen molar-refractivity contribution in [3.8, 4) is 16.9 Å². The molecule has 0 aromatic heterocycles. The van der Waals surface area contributed by atoms with Crippen LogP contribution in [0.15, 0.2) is 42.5 Å². The quantitative estimate of drug-likeness (QED) is 0.548. The number of ether oxygens (including phenoxy) is 2. The van der Waals surface area contributed by atoms with Crippen LogP contribution in [0.1, 0.15) is 38.8 Å². The summed E-state index contributed by atoms with van der Waals surface area (Å²) in [6.45, 7) is 11.7. The molecule has 0 aliphatic heterocycles. The fourth-order valence-electron chi connectivity index (χ4n) is 2.27. The van der Waals surface area contributed by atoms with Crippen LogP contribution in [-0.4, -0.2) is 13.4 Å². The lowest BCUT2D eigenvalue weighted by atomic mass is 9.85. The molecule has 0 radical (unpaired) electrons. The summed E-state index contributed by atoms with van der Waals surface area (Å²) in [7, 11) is 0. The zero-order chi connectivity index (χ0) is 16.2. The van der Waals surface area contributed by atoms with E-state index < -0.39 is 0 Å². The first-order valence-electron chi connectivity index (χ1n) is 7.84. The van der Waals surface area contributed by atoms with Gasteiger partial charge in [-0.3, -0.25) is 0 Å². The van der Waals surface area contributed by atoms with Gasteiger partial charge in [0.1, 0.15) is 5.75 Å². The Morgan fingerprint density at radius 2 is 1.64 bits per heavy atom. The van der Waals surface area contributed by atoms with Gasteiger partial charge in [0.15, 0.2) is 6.79 Å². The highest BCUT2D eigenvalue weighted by molar-refractivity contribution is 5.71. The van der Waals surface area contributed by atoms with Gasteiger partial charge in [-0.25, -0.2) is 0 Å². The Morgan fingerprint density at radius 3 is 2.23 bits per heavy atom. The molecule has 0 unspecified atom stereocenters. The highest BCUT2D eigenvalue weighted by atomic mass is 16.7. The van der Waals surface area contributed by atoms with E-state index >= 15 is 0 Å². The van der Waals surface area contributed by atoms with Gasteiger partial charge in [-0.15, -0.1) is 0 Å². The molecule has 2 heteroatoms. The van der Waals surface area contributed by atoms with E-state index in [0.717, 1.165) is 11.3 Å². The van der Waals surface area contributed by atoms with E-state index in [0.29, 0.717) is 6.61 Å². The number of aryl methyl sites for hydroxylation is 1. The molecular formula is C20H26O2. The second kappa shape index (κ2) is 6.97. The first kappa shape index (κ1) is 16.6. The molecule has 2 rings (SSSR count). The van der Waals surface area contributed by atoms with E-state index in [1.807, 2.05) is 6.92 Å². The smallest absolute Gasteiger partial charge is 0.189 e. The number of hydrogen-bond acceptors (Lipinski definition) is 2. The maximum Gasteiger partial charge on any atom is 0.189 e. The van der Waals surface area contributed by atoms with Gasteiger partial charge in [0.05, 0.1) is 0 Å². The second-order valence-electron chi connectivity index (χ2n) is 6.58. The number of hydrogen-bond donors (Lipinski definition) is 0. The second-order valence-corrected chi connectivity index (χ2v) is 6.58. The Balaban J connectivity index is 2.42. The molecule has 0 spiro atoms. The van der Waals surface area contributed by atoms with Crippen LogP contribution >= 0.6 is 0 Å². The first-order chi connectivity index (χ1) is 10.4. The van der Waals surface area contributed by atoms with Gasteiger partial charge >= 0.3 is 0 Å². The molecule has 2 aromatic carbocycles. The minimum atomic E-state index is 0.109. The maximum absolute atomic E-state index is 5.81. The SMILES string of the molecule is CCOCOc1ccc(C(C)(C)C)cc1-c1ccc(C)cc1. The van der Waals surface area contributed by atoms with E-state index in [9.17, 15) is 0 Å². The zero-order valence-electron chi connectivity index (χ0n) is 14.3. The molecule has 0 saturated heterocycles. The number of rotatable bonds is 5. The van der Waals surface area contributed by atoms with Crippen molar-refractivity contribution in [3.05, 3.63) is 53.6 Å². The average Bonchev–Trinajstić information content (AvgIpc) is 2.47. The van der Waals surface area contributed by atoms with Crippen LogP contribution in [-0.2, 0) is 10.2 Å². The normalized spacial score (nSPS) is 11.5. The van der Waals surface area contributed by atoms with Crippen LogP contribution in [0.4, 0.5) is 0 Å². The molecule has 0 fully saturated rings. The van der Waals surface area contributed by atoms with E-state index in [-0.39, 0.29) is 12.2 Å². The maximum atomic E-state index is 5.81. The Hall–Kier alpha value is -1.80. The van der Waals surface area contributed by atoms with Crippen LogP contribution in [0.3, 0.4) is 0 Å². The van der Waals surface area contributed by atoms with Crippen molar-refractivity contribution in [1.29, 1.82) is 0 Å². The lowest BCUT2D eigenvalue weighted by Gasteiger charge is -2.21. The van der Waals surface area contributed by atoms with Crippen molar-refractivity contribution in [2.24, 2.45) is 0 Å². The lowest BCUT2D eigenvalue weighted by molar-refractivity contribution is 0.0227. The third-order valence-electron chi connectivity index (χ3n) is 3.71. The van der Waals surface area contributed by atoms with Crippen LogP contribution in [0.25, 0.3) is 11.1 Å². The molecule has 0 aliphatic carbocycles. The molecule has 0 atom stereocenters. The van der Waals surface area contributed by atoms with Crippen LogP contribution < -0.4 is 4.74 Å². The van der Waals surface area contributed by atoms with E-state index in [1.54, 1.807) is 0 Å². The van der Waals surface area contributed by atoms with E-state index in [1.165, 1.54) is 16.7 Å². The minimum Gasteiger partial charge on any atom is -0.467 e. The van der Waals surface area contributed by atoms with Gasteiger partial charge < -0.3 is 9.47 Å². The average molecular weight is 298 g/mol. The summed E-state index contributed by atoms with van der Waals surface area (Å²) in [5.74, 6) is 0.866. The molecule has 0 bridgehead atoms. The van der Waals surface area contributed by atoms with Crippen LogP contribution in [0.2, 0.25) is 0 Å². The lowest BCUT2D eigenvalue weighted by Crippen LogP contribution is -2.11. The van der Waals surface area contributed by atoms with Crippen molar-refractivity contribution in [1.82, 2.24) is 0 Å². The molecule has 2 nitrogen and oxygen atoms in total. The Bertz CT molecular complexity index is 607. The zero-order valence-corrected chi connectivity index (χ0v) is 14.3. The van der Waals surface area contributed by atoms with Crippen molar-refractivity contribution in [3.63, 3.8) is 0 Å². The summed E-state index contributed by atoms with van der Waals surface area (Å²) < 4.78 is 11.1. The van der Waals surface area contributed by atoms with Gasteiger partial charge in [-0.05, 0) is 42.5 Å². The Morgan fingerprint density at radius 1 is 0.955 bits per heavy atom. The Labute approximate surface area is 134 Å². The molecule has 0 heterocycles. The molecule has 22 heavy (non-hydrogen) atoms. The third-order valence-corrected chi connectivity index (χ3v) is 3.71. The van der Waals surface area contributed by atoms with E-state index in [4.69, 9.17) is 9.47 Å². The van der Waals surface area contributed by atoms with E-state index in [2.05, 4.69) is 70.2 Å². The monoisotopic (exact) mass is 298 g/mol. The van der Waals surface area contributed by atoms with Gasteiger partial charge in [0, 0.05) is 12.2 Å². The fraction of sp³-hybridized carbons (Fsp3) is 0.400. The first-order valence-corrected chi connectivity index (χ1v) is 7.84. The van der Waals surface area contributed by atoms with Gasteiger partial charge in [-0.1, -0.05) is 56.7 Å². The predicted molar refractivity (Wildman–Crippen MR) is 92.4 cm³/mol. The Kier molecular flexibility index (Phi) is 5.25. The summed E-state index contributed by atoms with van der Waals surface area (Å²) in [6.07, 6.45) is 0. The molecular weight excluding hydrogens is 272 g/mol. The standard InChI is InChI=1S/C20H26O2/c1-6-21-14-22-19-12-11-17(20(3,4)5)13-18(19)16-9-7-15(2)8-10-16/h7-13H,6,14H2,1-5H3. The van der Waals surface area contributed by atoms with Crippen LogP contribution in [0, 0.1) is 6.92 Å². The topological polar surface area (TPSA) is 18.5 Å². The van der Waals surface area contributed by atoms with Gasteiger partial charge in [-0.2, -0.15) is 0 Å². The third kappa shape index (κ3) is 4.11. The predicted octanol–water partition coefficient (Wildman–Crippen LogP) is 5.33. The van der Waals surface area contributed by atoms with Crippen molar-refractivity contribution in [2.45, 2.75) is 40.0 Å². The molecule has 0 aliphatic rings. The highest BCUT2D eigenvalue weighted by Gasteiger charge is 2.17. The molecule has 118 valence electrons. The van der Waals surface area contributed by atoms with Crippen LogP contribution in [0.5, 0.6) is 5.75 Å². The minimum absolute atomic E-state index is 0.109. The highest BCUT2D eigenvalue weighted by Crippen LogP contribution is 2.35. The van der Waals surface area contributed by atoms with Crippen molar-refractivity contribution < 1.29 is 9.47 Å². The van der Waals surface area contributed by atoms with Gasteiger partial charge in [0.25, 0.3) is 0 Å². The molecule has 2 aromatic rings. The summed E-state index contributed by atoms with van der Waals surface area (Å²) >= 11 is 0. The van der Waals surface area contributed by atoms with Gasteiger partial charge in [0.2, 0.25) is 0 Å². The summed E-state index contributed by atoms with van der Waals surface area (Å²) in [5, 5.41) is 0. The summed E-state index contributed by atoms with van der Waals surface area (Å²) in [5.41, 5.74) is 4.95. The summed E-state index contributed by atoms with van der Waals surface area (Å²) in [6, 6.07) is 15.0. The molecule has 0 N–H and O–H groups in total. The van der Waals surface area contributed by atoms with Crippen molar-refractivity contribution >= 4 is 0 Å². The van der Waals surface area contributed by atoms with Crippen molar-refractivity contribution in [2.75, 3.05) is 13.4 Å². The summed E-state index contributed by atoms with van der Waals surface area (Å²) in [4.78, 5) is 0. The molecule has 0 saturated carbocycles.